The molecule has 1 aliphatic heterocycles. The first kappa shape index (κ1) is 15.6. The molecule has 2 rings (SSSR count). The fourth-order valence-electron chi connectivity index (χ4n) is 3.20. The first-order valence-electron chi connectivity index (χ1n) is 8.12. The smallest absolute Gasteiger partial charge is 0.194 e. The van der Waals surface area contributed by atoms with Crippen LogP contribution < -0.4 is 5.32 Å². The van der Waals surface area contributed by atoms with Crippen LogP contribution in [0.5, 0.6) is 0 Å². The number of β-amino-alcohol motifs (C(OH)–C–C–N with tert-alkyl or cyclic N) is 1. The Balaban J connectivity index is 1.79. The average Bonchev–Trinajstić information content (AvgIpc) is 3.08. The van der Waals surface area contributed by atoms with Gasteiger partial charge in [-0.25, -0.2) is 0 Å². The molecule has 2 fully saturated rings. The van der Waals surface area contributed by atoms with Crippen LogP contribution in [0.15, 0.2) is 4.99 Å². The predicted molar refractivity (Wildman–Crippen MR) is 83.1 cm³/mol. The van der Waals surface area contributed by atoms with Gasteiger partial charge in [-0.1, -0.05) is 12.8 Å². The van der Waals surface area contributed by atoms with Gasteiger partial charge in [0, 0.05) is 32.2 Å². The van der Waals surface area contributed by atoms with Gasteiger partial charge in [0.05, 0.1) is 12.6 Å². The van der Waals surface area contributed by atoms with E-state index in [9.17, 15) is 5.11 Å². The minimum absolute atomic E-state index is 0.194. The van der Waals surface area contributed by atoms with E-state index in [1.807, 2.05) is 0 Å². The van der Waals surface area contributed by atoms with Crippen LogP contribution in [0.2, 0.25) is 0 Å². The fourth-order valence-corrected chi connectivity index (χ4v) is 3.20. The Bertz CT molecular complexity index is 315. The Morgan fingerprint density at radius 3 is 2.70 bits per heavy atom. The van der Waals surface area contributed by atoms with Crippen LogP contribution in [0.1, 0.15) is 39.0 Å². The highest BCUT2D eigenvalue weighted by molar-refractivity contribution is 5.80. The van der Waals surface area contributed by atoms with Crippen molar-refractivity contribution in [3.63, 3.8) is 0 Å². The van der Waals surface area contributed by atoms with E-state index in [2.05, 4.69) is 29.1 Å². The van der Waals surface area contributed by atoms with Crippen molar-refractivity contribution in [3.05, 3.63) is 0 Å². The standard InChI is InChI=1S/C15H30N4O/c1-3-16-15(19-10-8-14(20)12-19)17-9-11-18(2)13-6-4-5-7-13/h13-14,20H,3-12H2,1-2H3,(H,16,17)/t14-/m1/s1. The molecule has 0 aromatic rings. The Labute approximate surface area is 123 Å². The summed E-state index contributed by atoms with van der Waals surface area (Å²) >= 11 is 0. The van der Waals surface area contributed by atoms with Crippen LogP contribution in [-0.4, -0.2) is 72.8 Å². The first-order chi connectivity index (χ1) is 9.70. The van der Waals surface area contributed by atoms with Crippen molar-refractivity contribution in [1.82, 2.24) is 15.1 Å². The summed E-state index contributed by atoms with van der Waals surface area (Å²) < 4.78 is 0. The molecule has 5 heteroatoms. The molecule has 0 amide bonds. The maximum atomic E-state index is 9.64. The summed E-state index contributed by atoms with van der Waals surface area (Å²) in [5.74, 6) is 0.962. The second kappa shape index (κ2) is 7.84. The quantitative estimate of drug-likeness (QED) is 0.581. The second-order valence-electron chi connectivity index (χ2n) is 6.04. The molecule has 1 saturated heterocycles. The van der Waals surface area contributed by atoms with Crippen molar-refractivity contribution >= 4 is 5.96 Å². The largest absolute Gasteiger partial charge is 0.391 e. The van der Waals surface area contributed by atoms with E-state index in [1.54, 1.807) is 0 Å². The third-order valence-corrected chi connectivity index (χ3v) is 4.46. The number of aliphatic imine (C=N–C) groups is 1. The van der Waals surface area contributed by atoms with E-state index in [0.717, 1.165) is 44.6 Å². The zero-order chi connectivity index (χ0) is 14.4. The molecule has 0 bridgehead atoms. The summed E-state index contributed by atoms with van der Waals surface area (Å²) in [5.41, 5.74) is 0. The van der Waals surface area contributed by atoms with E-state index >= 15 is 0 Å². The van der Waals surface area contributed by atoms with Crippen molar-refractivity contribution in [2.24, 2.45) is 4.99 Å². The Morgan fingerprint density at radius 2 is 2.10 bits per heavy atom. The number of likely N-dealkylation sites (tertiary alicyclic amines) is 1. The fraction of sp³-hybridized carbons (Fsp3) is 0.933. The van der Waals surface area contributed by atoms with Crippen molar-refractivity contribution < 1.29 is 5.11 Å². The van der Waals surface area contributed by atoms with Gasteiger partial charge in [-0.3, -0.25) is 4.99 Å². The number of nitrogens with zero attached hydrogens (tertiary/aromatic N) is 3. The third-order valence-electron chi connectivity index (χ3n) is 4.46. The van der Waals surface area contributed by atoms with Gasteiger partial charge in [0.2, 0.25) is 0 Å². The molecular weight excluding hydrogens is 252 g/mol. The van der Waals surface area contributed by atoms with Crippen molar-refractivity contribution in [2.45, 2.75) is 51.2 Å². The number of aliphatic hydroxyl groups excluding tert-OH is 1. The van der Waals surface area contributed by atoms with Gasteiger partial charge < -0.3 is 20.2 Å². The van der Waals surface area contributed by atoms with Crippen LogP contribution in [0, 0.1) is 0 Å². The lowest BCUT2D eigenvalue weighted by Gasteiger charge is -2.24. The minimum Gasteiger partial charge on any atom is -0.391 e. The molecule has 1 saturated carbocycles. The van der Waals surface area contributed by atoms with E-state index in [0.29, 0.717) is 6.54 Å². The maximum Gasteiger partial charge on any atom is 0.194 e. The Kier molecular flexibility index (Phi) is 6.10. The SMILES string of the molecule is CCNC(=NCCN(C)C1CCCC1)N1CC[C@@H](O)C1. The van der Waals surface area contributed by atoms with Gasteiger partial charge in [-0.15, -0.1) is 0 Å². The van der Waals surface area contributed by atoms with E-state index < -0.39 is 0 Å². The summed E-state index contributed by atoms with van der Waals surface area (Å²) in [6.07, 6.45) is 6.11. The summed E-state index contributed by atoms with van der Waals surface area (Å²) in [7, 11) is 2.22. The summed E-state index contributed by atoms with van der Waals surface area (Å²) in [5, 5.41) is 13.0. The molecule has 0 radical (unpaired) electrons. The summed E-state index contributed by atoms with van der Waals surface area (Å²) in [4.78, 5) is 9.35. The second-order valence-corrected chi connectivity index (χ2v) is 6.04. The molecule has 0 unspecified atom stereocenters. The minimum atomic E-state index is -0.194. The number of hydrogen-bond acceptors (Lipinski definition) is 3. The molecular formula is C15H30N4O. The van der Waals surface area contributed by atoms with Gasteiger partial charge in [-0.05, 0) is 33.2 Å². The number of hydrogen-bond donors (Lipinski definition) is 2. The molecule has 0 aromatic heterocycles. The summed E-state index contributed by atoms with van der Waals surface area (Å²) in [6.45, 7) is 6.45. The molecule has 2 N–H and O–H groups in total. The zero-order valence-corrected chi connectivity index (χ0v) is 13.0. The van der Waals surface area contributed by atoms with Crippen molar-refractivity contribution in [2.75, 3.05) is 39.8 Å². The van der Waals surface area contributed by atoms with Gasteiger partial charge in [0.15, 0.2) is 5.96 Å². The van der Waals surface area contributed by atoms with Gasteiger partial charge in [0.25, 0.3) is 0 Å². The van der Waals surface area contributed by atoms with Gasteiger partial charge >= 0.3 is 0 Å². The molecule has 20 heavy (non-hydrogen) atoms. The number of likely N-dealkylation sites (N-methyl/N-ethyl adjacent to an activating group) is 1. The number of aliphatic hydroxyl groups is 1. The number of rotatable bonds is 5. The van der Waals surface area contributed by atoms with E-state index in [-0.39, 0.29) is 6.10 Å². The topological polar surface area (TPSA) is 51.1 Å². The maximum absolute atomic E-state index is 9.64. The molecule has 0 aromatic carbocycles. The van der Waals surface area contributed by atoms with Crippen molar-refractivity contribution in [3.8, 4) is 0 Å². The molecule has 1 atom stereocenters. The molecule has 116 valence electrons. The lowest BCUT2D eigenvalue weighted by Crippen LogP contribution is -2.41. The lowest BCUT2D eigenvalue weighted by molar-refractivity contribution is 0.187. The van der Waals surface area contributed by atoms with Crippen LogP contribution in [-0.2, 0) is 0 Å². The van der Waals surface area contributed by atoms with Crippen LogP contribution in [0.3, 0.4) is 0 Å². The zero-order valence-electron chi connectivity index (χ0n) is 13.0. The normalized spacial score (nSPS) is 24.9. The highest BCUT2D eigenvalue weighted by atomic mass is 16.3. The third kappa shape index (κ3) is 4.35. The molecule has 1 heterocycles. The highest BCUT2D eigenvalue weighted by Gasteiger charge is 2.23. The predicted octanol–water partition coefficient (Wildman–Crippen LogP) is 0.893. The molecule has 0 spiro atoms. The Hall–Kier alpha value is -0.810. The van der Waals surface area contributed by atoms with Crippen LogP contribution in [0.4, 0.5) is 0 Å². The molecule has 5 nitrogen and oxygen atoms in total. The van der Waals surface area contributed by atoms with Gasteiger partial charge in [0.1, 0.15) is 0 Å². The molecule has 1 aliphatic carbocycles. The monoisotopic (exact) mass is 282 g/mol. The highest BCUT2D eigenvalue weighted by Crippen LogP contribution is 2.21. The van der Waals surface area contributed by atoms with E-state index in [4.69, 9.17) is 4.99 Å². The lowest BCUT2D eigenvalue weighted by atomic mass is 10.2. The number of guanidine groups is 1. The average molecular weight is 282 g/mol. The summed E-state index contributed by atoms with van der Waals surface area (Å²) in [6, 6.07) is 0.765. The van der Waals surface area contributed by atoms with Crippen molar-refractivity contribution in [1.29, 1.82) is 0 Å². The van der Waals surface area contributed by atoms with Crippen LogP contribution in [0.25, 0.3) is 0 Å². The van der Waals surface area contributed by atoms with Gasteiger partial charge in [-0.2, -0.15) is 0 Å². The van der Waals surface area contributed by atoms with Crippen LogP contribution >= 0.6 is 0 Å². The Morgan fingerprint density at radius 1 is 1.35 bits per heavy atom. The molecule has 2 aliphatic rings. The first-order valence-corrected chi connectivity index (χ1v) is 8.12. The number of nitrogens with one attached hydrogen (secondary N) is 1. The van der Waals surface area contributed by atoms with E-state index in [1.165, 1.54) is 25.7 Å².